The van der Waals surface area contributed by atoms with Crippen molar-refractivity contribution in [3.05, 3.63) is 0 Å². The quantitative estimate of drug-likeness (QED) is 0.812. The maximum absolute atomic E-state index is 12.3. The normalized spacial score (nSPS) is 23.6. The van der Waals surface area contributed by atoms with Crippen LogP contribution in [0.15, 0.2) is 0 Å². The van der Waals surface area contributed by atoms with E-state index in [4.69, 9.17) is 0 Å². The summed E-state index contributed by atoms with van der Waals surface area (Å²) in [5.74, 6) is 0.244. The van der Waals surface area contributed by atoms with E-state index in [-0.39, 0.29) is 17.7 Å². The molecule has 2 amide bonds. The van der Waals surface area contributed by atoms with E-state index in [1.807, 2.05) is 18.9 Å². The molecular weight excluding hydrogens is 254 g/mol. The van der Waals surface area contributed by atoms with Crippen LogP contribution in [0.1, 0.15) is 39.0 Å². The standard InChI is InChI=1S/C15H27N3O2/c1-3-16-15(20)12-8-9-18(10-12)14(19)11-17(2)13-6-4-5-7-13/h12-13H,3-11H2,1-2H3,(H,16,20). The van der Waals surface area contributed by atoms with Crippen molar-refractivity contribution in [2.24, 2.45) is 5.92 Å². The second-order valence-electron chi connectivity index (χ2n) is 6.07. The first-order chi connectivity index (χ1) is 9.61. The lowest BCUT2D eigenvalue weighted by molar-refractivity contribution is -0.132. The van der Waals surface area contributed by atoms with Crippen LogP contribution in [0.25, 0.3) is 0 Å². The zero-order chi connectivity index (χ0) is 14.5. The number of carbonyl (C=O) groups excluding carboxylic acids is 2. The molecular formula is C15H27N3O2. The first-order valence-corrected chi connectivity index (χ1v) is 7.87. The number of rotatable bonds is 5. The Morgan fingerprint density at radius 2 is 1.95 bits per heavy atom. The van der Waals surface area contributed by atoms with Crippen molar-refractivity contribution < 1.29 is 9.59 Å². The van der Waals surface area contributed by atoms with Crippen LogP contribution in [-0.2, 0) is 9.59 Å². The lowest BCUT2D eigenvalue weighted by Gasteiger charge is -2.26. The molecule has 0 aromatic rings. The van der Waals surface area contributed by atoms with Crippen molar-refractivity contribution >= 4 is 11.8 Å². The fourth-order valence-electron chi connectivity index (χ4n) is 3.31. The minimum atomic E-state index is -0.0179. The molecule has 2 aliphatic rings. The van der Waals surface area contributed by atoms with Crippen molar-refractivity contribution in [3.63, 3.8) is 0 Å². The van der Waals surface area contributed by atoms with Gasteiger partial charge in [0.25, 0.3) is 0 Å². The molecule has 1 saturated heterocycles. The highest BCUT2D eigenvalue weighted by molar-refractivity contribution is 5.82. The predicted molar refractivity (Wildman–Crippen MR) is 78.3 cm³/mol. The first-order valence-electron chi connectivity index (χ1n) is 7.87. The molecule has 1 heterocycles. The van der Waals surface area contributed by atoms with Crippen LogP contribution in [0.2, 0.25) is 0 Å². The number of nitrogens with zero attached hydrogens (tertiary/aromatic N) is 2. The Labute approximate surface area is 121 Å². The molecule has 1 saturated carbocycles. The van der Waals surface area contributed by atoms with E-state index in [9.17, 15) is 9.59 Å². The summed E-state index contributed by atoms with van der Waals surface area (Å²) < 4.78 is 0. The van der Waals surface area contributed by atoms with Crippen LogP contribution in [0, 0.1) is 5.92 Å². The van der Waals surface area contributed by atoms with Crippen LogP contribution >= 0.6 is 0 Å². The van der Waals surface area contributed by atoms with Crippen molar-refractivity contribution in [2.45, 2.75) is 45.1 Å². The Bertz CT molecular complexity index is 353. The van der Waals surface area contributed by atoms with Gasteiger partial charge in [-0.05, 0) is 33.2 Å². The minimum Gasteiger partial charge on any atom is -0.356 e. The smallest absolute Gasteiger partial charge is 0.236 e. The third-order valence-electron chi connectivity index (χ3n) is 4.60. The second-order valence-corrected chi connectivity index (χ2v) is 6.07. The molecule has 2 rings (SSSR count). The summed E-state index contributed by atoms with van der Waals surface area (Å²) >= 11 is 0. The average molecular weight is 281 g/mol. The molecule has 0 spiro atoms. The summed E-state index contributed by atoms with van der Waals surface area (Å²) in [6.07, 6.45) is 5.79. The van der Waals surface area contributed by atoms with Gasteiger partial charge in [-0.15, -0.1) is 0 Å². The summed E-state index contributed by atoms with van der Waals surface area (Å²) in [5.41, 5.74) is 0. The summed E-state index contributed by atoms with van der Waals surface area (Å²) in [5, 5.41) is 2.85. The van der Waals surface area contributed by atoms with E-state index >= 15 is 0 Å². The van der Waals surface area contributed by atoms with Gasteiger partial charge in [0.15, 0.2) is 0 Å². The maximum atomic E-state index is 12.3. The Hall–Kier alpha value is -1.10. The van der Waals surface area contributed by atoms with E-state index in [0.717, 1.165) is 13.0 Å². The lowest BCUT2D eigenvalue weighted by atomic mass is 10.1. The molecule has 0 bridgehead atoms. The van der Waals surface area contributed by atoms with Crippen LogP contribution in [0.5, 0.6) is 0 Å². The SMILES string of the molecule is CCNC(=O)C1CCN(C(=O)CN(C)C2CCCC2)C1. The average Bonchev–Trinajstić information content (AvgIpc) is 3.10. The zero-order valence-corrected chi connectivity index (χ0v) is 12.7. The number of likely N-dealkylation sites (tertiary alicyclic amines) is 1. The van der Waals surface area contributed by atoms with Crippen molar-refractivity contribution in [1.82, 2.24) is 15.1 Å². The molecule has 2 fully saturated rings. The van der Waals surface area contributed by atoms with E-state index in [1.165, 1.54) is 25.7 Å². The molecule has 0 aromatic carbocycles. The van der Waals surface area contributed by atoms with E-state index in [0.29, 0.717) is 25.7 Å². The lowest BCUT2D eigenvalue weighted by Crippen LogP contribution is -2.42. The summed E-state index contributed by atoms with van der Waals surface area (Å²) in [7, 11) is 2.05. The highest BCUT2D eigenvalue weighted by Gasteiger charge is 2.31. The highest BCUT2D eigenvalue weighted by atomic mass is 16.2. The van der Waals surface area contributed by atoms with E-state index in [1.54, 1.807) is 0 Å². The third-order valence-corrected chi connectivity index (χ3v) is 4.60. The van der Waals surface area contributed by atoms with Gasteiger partial charge >= 0.3 is 0 Å². The van der Waals surface area contributed by atoms with Gasteiger partial charge in [-0.1, -0.05) is 12.8 Å². The fourth-order valence-corrected chi connectivity index (χ4v) is 3.31. The number of hydrogen-bond donors (Lipinski definition) is 1. The minimum absolute atomic E-state index is 0.0179. The Kier molecular flexibility index (Phi) is 5.40. The second kappa shape index (κ2) is 7.07. The largest absolute Gasteiger partial charge is 0.356 e. The van der Waals surface area contributed by atoms with Crippen molar-refractivity contribution in [1.29, 1.82) is 0 Å². The number of amides is 2. The number of likely N-dealkylation sites (N-methyl/N-ethyl adjacent to an activating group) is 1. The van der Waals surface area contributed by atoms with Gasteiger partial charge in [-0.2, -0.15) is 0 Å². The predicted octanol–water partition coefficient (Wildman–Crippen LogP) is 0.845. The number of carbonyl (C=O) groups is 2. The molecule has 0 aromatic heterocycles. The Morgan fingerprint density at radius 3 is 2.60 bits per heavy atom. The molecule has 20 heavy (non-hydrogen) atoms. The zero-order valence-electron chi connectivity index (χ0n) is 12.7. The molecule has 1 atom stereocenters. The monoisotopic (exact) mass is 281 g/mol. The summed E-state index contributed by atoms with van der Waals surface area (Å²) in [6, 6.07) is 0.570. The number of nitrogens with one attached hydrogen (secondary N) is 1. The molecule has 1 aliphatic heterocycles. The molecule has 1 aliphatic carbocycles. The van der Waals surface area contributed by atoms with Crippen LogP contribution in [0.3, 0.4) is 0 Å². The van der Waals surface area contributed by atoms with Gasteiger partial charge in [0.1, 0.15) is 0 Å². The van der Waals surface area contributed by atoms with Crippen molar-refractivity contribution in [3.8, 4) is 0 Å². The van der Waals surface area contributed by atoms with Crippen LogP contribution in [-0.4, -0.2) is 60.9 Å². The third kappa shape index (κ3) is 3.72. The van der Waals surface area contributed by atoms with Gasteiger partial charge in [-0.3, -0.25) is 14.5 Å². The molecule has 1 unspecified atom stereocenters. The van der Waals surface area contributed by atoms with Crippen LogP contribution in [0.4, 0.5) is 0 Å². The van der Waals surface area contributed by atoms with Gasteiger partial charge in [0, 0.05) is 25.7 Å². The van der Waals surface area contributed by atoms with Gasteiger partial charge in [0.2, 0.25) is 11.8 Å². The molecule has 1 N–H and O–H groups in total. The van der Waals surface area contributed by atoms with Gasteiger partial charge in [0.05, 0.1) is 12.5 Å². The molecule has 114 valence electrons. The Balaban J connectivity index is 1.77. The molecule has 5 heteroatoms. The van der Waals surface area contributed by atoms with Gasteiger partial charge in [-0.25, -0.2) is 0 Å². The van der Waals surface area contributed by atoms with E-state index in [2.05, 4.69) is 10.2 Å². The van der Waals surface area contributed by atoms with E-state index < -0.39 is 0 Å². The first kappa shape index (κ1) is 15.3. The van der Waals surface area contributed by atoms with Crippen LogP contribution < -0.4 is 5.32 Å². The Morgan fingerprint density at radius 1 is 1.25 bits per heavy atom. The topological polar surface area (TPSA) is 52.7 Å². The molecule has 0 radical (unpaired) electrons. The maximum Gasteiger partial charge on any atom is 0.236 e. The van der Waals surface area contributed by atoms with Crippen molar-refractivity contribution in [2.75, 3.05) is 33.2 Å². The summed E-state index contributed by atoms with van der Waals surface area (Å²) in [4.78, 5) is 28.1. The number of hydrogen-bond acceptors (Lipinski definition) is 3. The fraction of sp³-hybridized carbons (Fsp3) is 0.867. The summed E-state index contributed by atoms with van der Waals surface area (Å²) in [6.45, 7) is 4.38. The molecule has 5 nitrogen and oxygen atoms in total. The van der Waals surface area contributed by atoms with Gasteiger partial charge < -0.3 is 10.2 Å². The highest BCUT2D eigenvalue weighted by Crippen LogP contribution is 2.23.